The van der Waals surface area contributed by atoms with Crippen molar-refractivity contribution in [3.8, 4) is 0 Å². The van der Waals surface area contributed by atoms with Crippen molar-refractivity contribution < 1.29 is 32.3 Å². The first-order chi connectivity index (χ1) is 23.3. The molecule has 0 saturated heterocycles. The highest BCUT2D eigenvalue weighted by molar-refractivity contribution is 7.90. The van der Waals surface area contributed by atoms with E-state index in [1.807, 2.05) is 31.2 Å². The maximum Gasteiger partial charge on any atom is 0.328 e. The zero-order chi connectivity index (χ0) is 37.6. The molecule has 2 aliphatic rings. The second-order valence-electron chi connectivity index (χ2n) is 14.6. The lowest BCUT2D eigenvalue weighted by molar-refractivity contribution is -0.146. The predicted octanol–water partition coefficient (Wildman–Crippen LogP) is 5.85. The van der Waals surface area contributed by atoms with E-state index in [-0.39, 0.29) is 41.1 Å². The number of hydrogen-bond donors (Lipinski definition) is 2. The van der Waals surface area contributed by atoms with Crippen LogP contribution in [0, 0.1) is 17.8 Å². The number of allylic oxidation sites excluding steroid dienone is 2. The zero-order valence-corrected chi connectivity index (χ0v) is 32.7. The molecule has 0 spiro atoms. The second kappa shape index (κ2) is 16.9. The molecule has 0 unspecified atom stereocenters. The summed E-state index contributed by atoms with van der Waals surface area (Å²) in [5, 5.41) is 2.52. The maximum atomic E-state index is 13.5. The fraction of sp³-hybridized carbons (Fsp3) is 0.605. The molecule has 1 aliphatic carbocycles. The molecular weight excluding hydrogens is 678 g/mol. The summed E-state index contributed by atoms with van der Waals surface area (Å²) in [5.41, 5.74) is 1.72. The van der Waals surface area contributed by atoms with E-state index in [0.717, 1.165) is 36.1 Å². The number of carbonyl (C=O) groups excluding carboxylic acids is 3. The second-order valence-corrected chi connectivity index (χ2v) is 17.1. The van der Waals surface area contributed by atoms with E-state index in [0.29, 0.717) is 24.5 Å². The summed E-state index contributed by atoms with van der Waals surface area (Å²) < 4.78 is 39.9. The number of nitrogens with one attached hydrogen (secondary N) is 2. The minimum atomic E-state index is -4.04. The van der Waals surface area contributed by atoms with Crippen molar-refractivity contribution in [3.63, 3.8) is 0 Å². The molecule has 3 rings (SSSR count). The first-order valence-electron chi connectivity index (χ1n) is 17.4. The van der Waals surface area contributed by atoms with Crippen LogP contribution >= 0.6 is 11.6 Å². The minimum Gasteiger partial charge on any atom is -0.467 e. The topological polar surface area (TPSA) is 131 Å². The Kier molecular flexibility index (Phi) is 14.0. The lowest BCUT2D eigenvalue weighted by Gasteiger charge is -2.50. The van der Waals surface area contributed by atoms with E-state index in [9.17, 15) is 22.8 Å². The van der Waals surface area contributed by atoms with E-state index in [1.165, 1.54) is 7.11 Å². The van der Waals surface area contributed by atoms with Crippen molar-refractivity contribution in [1.29, 1.82) is 0 Å². The Balaban J connectivity index is 2.12. The highest BCUT2D eigenvalue weighted by Gasteiger charge is 2.49. The van der Waals surface area contributed by atoms with E-state index >= 15 is 0 Å². The number of aryl methyl sites for hydroxylation is 1. The maximum absolute atomic E-state index is 13.5. The number of ether oxygens (including phenoxy) is 2. The number of sulfonamides is 1. The summed E-state index contributed by atoms with van der Waals surface area (Å²) >= 11 is 6.37. The van der Waals surface area contributed by atoms with Gasteiger partial charge in [0.15, 0.2) is 0 Å². The van der Waals surface area contributed by atoms with E-state index in [2.05, 4.69) is 48.4 Å². The quantitative estimate of drug-likeness (QED) is 0.184. The van der Waals surface area contributed by atoms with Gasteiger partial charge in [-0.25, -0.2) is 17.9 Å². The van der Waals surface area contributed by atoms with Crippen LogP contribution in [0.15, 0.2) is 54.3 Å². The predicted molar refractivity (Wildman–Crippen MR) is 198 cm³/mol. The first kappa shape index (κ1) is 41.3. The van der Waals surface area contributed by atoms with Gasteiger partial charge in [0.05, 0.1) is 24.4 Å². The lowest BCUT2D eigenvalue weighted by Crippen LogP contribution is -2.54. The third-order valence-electron chi connectivity index (χ3n) is 10.6. The SMILES string of the molecule is C=C1/C=C(\C)N(CC(C)(C)c2ccc(Cl)cc2CC)C[C@@H]2CC[C@H]2[C@@](CC(=O)N[C@H](C)C(=O)OC)(OC)/C=C/C[C@H](C)[C@@H](C)S(=O)(=O)NC1=O. The molecule has 1 aromatic carbocycles. The van der Waals surface area contributed by atoms with Crippen LogP contribution in [0.4, 0.5) is 0 Å². The average Bonchev–Trinajstić information content (AvgIpc) is 3.03. The Morgan fingerprint density at radius 1 is 1.22 bits per heavy atom. The number of benzene rings is 1. The van der Waals surface area contributed by atoms with Crippen molar-refractivity contribution in [1.82, 2.24) is 14.9 Å². The molecule has 50 heavy (non-hydrogen) atoms. The van der Waals surface area contributed by atoms with Gasteiger partial charge < -0.3 is 19.7 Å². The summed E-state index contributed by atoms with van der Waals surface area (Å²) in [6, 6.07) is 5.13. The van der Waals surface area contributed by atoms with Gasteiger partial charge in [0.2, 0.25) is 15.9 Å². The van der Waals surface area contributed by atoms with Gasteiger partial charge in [-0.3, -0.25) is 9.59 Å². The molecule has 2 amide bonds. The Morgan fingerprint density at radius 2 is 1.90 bits per heavy atom. The first-order valence-corrected chi connectivity index (χ1v) is 19.3. The Hall–Kier alpha value is -3.15. The van der Waals surface area contributed by atoms with Crippen LogP contribution in [0.1, 0.15) is 85.3 Å². The van der Waals surface area contributed by atoms with E-state index in [4.69, 9.17) is 21.1 Å². The minimum absolute atomic E-state index is 0.0364. The largest absolute Gasteiger partial charge is 0.467 e. The number of hydrogen-bond acceptors (Lipinski definition) is 8. The molecule has 1 saturated carbocycles. The van der Waals surface area contributed by atoms with Gasteiger partial charge in [0, 0.05) is 41.9 Å². The number of carbonyl (C=O) groups is 3. The summed E-state index contributed by atoms with van der Waals surface area (Å²) in [6.45, 7) is 18.4. The molecule has 1 heterocycles. The summed E-state index contributed by atoms with van der Waals surface area (Å²) in [7, 11) is -1.18. The molecule has 6 atom stereocenters. The third kappa shape index (κ3) is 9.79. The van der Waals surface area contributed by atoms with Crippen molar-refractivity contribution in [2.45, 2.75) is 103 Å². The molecule has 1 fully saturated rings. The molecule has 1 aliphatic heterocycles. The molecule has 10 nitrogen and oxygen atoms in total. The van der Waals surface area contributed by atoms with Crippen molar-refractivity contribution in [3.05, 3.63) is 70.4 Å². The van der Waals surface area contributed by atoms with Crippen LogP contribution in [-0.2, 0) is 45.7 Å². The Bertz CT molecular complexity index is 1600. The number of rotatable bonds is 9. The Labute approximate surface area is 304 Å². The van der Waals surface area contributed by atoms with Crippen molar-refractivity contribution in [2.24, 2.45) is 17.8 Å². The van der Waals surface area contributed by atoms with Crippen LogP contribution in [0.2, 0.25) is 5.02 Å². The summed E-state index contributed by atoms with van der Waals surface area (Å²) in [4.78, 5) is 41.0. The highest BCUT2D eigenvalue weighted by atomic mass is 35.5. The van der Waals surface area contributed by atoms with Gasteiger partial charge in [-0.15, -0.1) is 0 Å². The van der Waals surface area contributed by atoms with Gasteiger partial charge in [-0.1, -0.05) is 64.1 Å². The summed E-state index contributed by atoms with van der Waals surface area (Å²) in [6.07, 6.45) is 8.23. The molecule has 0 bridgehead atoms. The number of fused-ring (bicyclic) bond motifs is 1. The molecule has 12 heteroatoms. The fourth-order valence-electron chi connectivity index (χ4n) is 7.19. The number of halogens is 1. The van der Waals surface area contributed by atoms with E-state index < -0.39 is 38.8 Å². The molecule has 2 N–H and O–H groups in total. The standard InChI is InChI=1S/C38H56ClN3O7S/c1-11-29-20-31(39)15-17-32(29)37(7,8)23-42-22-30-14-16-33(30)38(49-10,21-34(43)40-27(5)36(45)48-9)18-12-13-24(2)28(6)50(46,47)41-35(44)25(3)19-26(42)4/h12,15,17-20,24,27-28,30,33H,3,11,13-14,16,21-23H2,1-2,4-10H3,(H,40,43)(H,41,44)/b18-12+,26-19+/t24-,27+,28+,30-,33+,38+/m0/s1. The molecule has 0 radical (unpaired) electrons. The monoisotopic (exact) mass is 733 g/mol. The number of amides is 2. The van der Waals surface area contributed by atoms with Gasteiger partial charge in [0.1, 0.15) is 6.04 Å². The Morgan fingerprint density at radius 3 is 2.48 bits per heavy atom. The van der Waals surface area contributed by atoms with E-state index in [1.54, 1.807) is 34.0 Å². The number of methoxy groups -OCH3 is 2. The summed E-state index contributed by atoms with van der Waals surface area (Å²) in [5.74, 6) is -2.01. The molecule has 0 aromatic heterocycles. The van der Waals surface area contributed by atoms with Crippen LogP contribution in [0.25, 0.3) is 0 Å². The van der Waals surface area contributed by atoms with Crippen molar-refractivity contribution >= 4 is 39.4 Å². The van der Waals surface area contributed by atoms with Gasteiger partial charge in [-0.05, 0) is 93.5 Å². The van der Waals surface area contributed by atoms with Gasteiger partial charge >= 0.3 is 5.97 Å². The van der Waals surface area contributed by atoms with Crippen LogP contribution in [0.3, 0.4) is 0 Å². The van der Waals surface area contributed by atoms with Crippen molar-refractivity contribution in [2.75, 3.05) is 27.3 Å². The molecular formula is C38H56ClN3O7S. The van der Waals surface area contributed by atoms with Crippen LogP contribution in [0.5, 0.6) is 0 Å². The van der Waals surface area contributed by atoms with Gasteiger partial charge in [-0.2, -0.15) is 0 Å². The highest BCUT2D eigenvalue weighted by Crippen LogP contribution is 2.47. The number of esters is 1. The smallest absolute Gasteiger partial charge is 0.328 e. The van der Waals surface area contributed by atoms with Crippen LogP contribution in [-0.4, -0.2) is 75.3 Å². The zero-order valence-electron chi connectivity index (χ0n) is 31.1. The van der Waals surface area contributed by atoms with Crippen LogP contribution < -0.4 is 10.0 Å². The lowest BCUT2D eigenvalue weighted by atomic mass is 9.63. The molecule has 1 aromatic rings. The number of nitrogens with zero attached hydrogens (tertiary/aromatic N) is 1. The third-order valence-corrected chi connectivity index (χ3v) is 12.8. The molecule has 278 valence electrons. The van der Waals surface area contributed by atoms with Gasteiger partial charge in [0.25, 0.3) is 5.91 Å². The fourth-order valence-corrected chi connectivity index (χ4v) is 8.68. The average molecular weight is 734 g/mol. The normalized spacial score (nSPS) is 28.6.